The van der Waals surface area contributed by atoms with Crippen molar-refractivity contribution in [2.45, 2.75) is 25.8 Å². The molecule has 0 aliphatic carbocycles. The summed E-state index contributed by atoms with van der Waals surface area (Å²) in [7, 11) is 1.34. The monoisotopic (exact) mass is 500 g/mol. The number of nitriles is 1. The van der Waals surface area contributed by atoms with Crippen LogP contribution in [0.15, 0.2) is 66.7 Å². The summed E-state index contributed by atoms with van der Waals surface area (Å²) in [5, 5.41) is 14.7. The Morgan fingerprint density at radius 1 is 1.05 bits per heavy atom. The van der Waals surface area contributed by atoms with Gasteiger partial charge < -0.3 is 15.4 Å². The quantitative estimate of drug-likeness (QED) is 0.413. The predicted octanol–water partition coefficient (Wildman–Crippen LogP) is 5.58. The van der Waals surface area contributed by atoms with Crippen molar-refractivity contribution in [1.29, 1.82) is 5.26 Å². The number of anilines is 2. The van der Waals surface area contributed by atoms with Crippen LogP contribution in [0.1, 0.15) is 39.9 Å². The van der Waals surface area contributed by atoms with E-state index in [1.807, 2.05) is 18.2 Å². The van der Waals surface area contributed by atoms with Crippen molar-refractivity contribution in [3.05, 3.63) is 94.8 Å². The molecule has 0 radical (unpaired) electrons. The highest BCUT2D eigenvalue weighted by Gasteiger charge is 2.24. The first-order chi connectivity index (χ1) is 17.9. The Morgan fingerprint density at radius 3 is 2.49 bits per heavy atom. The number of piperidine rings is 1. The van der Waals surface area contributed by atoms with Gasteiger partial charge in [0.2, 0.25) is 0 Å². The van der Waals surface area contributed by atoms with Crippen LogP contribution in [0.2, 0.25) is 0 Å². The van der Waals surface area contributed by atoms with Crippen molar-refractivity contribution in [2.75, 3.05) is 30.8 Å². The number of carbonyl (C=O) groups is 2. The van der Waals surface area contributed by atoms with E-state index in [1.165, 1.54) is 19.2 Å². The lowest BCUT2D eigenvalue weighted by molar-refractivity contribution is 0.0597. The summed E-state index contributed by atoms with van der Waals surface area (Å²) < 4.78 is 18.2. The van der Waals surface area contributed by atoms with E-state index in [4.69, 9.17) is 10.00 Å². The van der Waals surface area contributed by atoms with E-state index >= 15 is 0 Å². The van der Waals surface area contributed by atoms with Crippen molar-refractivity contribution in [2.24, 2.45) is 5.92 Å². The van der Waals surface area contributed by atoms with E-state index < -0.39 is 12.0 Å². The minimum atomic E-state index is -0.476. The third-order valence-corrected chi connectivity index (χ3v) is 6.61. The van der Waals surface area contributed by atoms with Gasteiger partial charge >= 0.3 is 12.0 Å². The largest absolute Gasteiger partial charge is 0.465 e. The van der Waals surface area contributed by atoms with Gasteiger partial charge in [-0.1, -0.05) is 24.3 Å². The standard InChI is InChI=1S/C29H29FN4O3/c1-37-28(35)25-6-3-7-27(33-29(36)32-24-5-2-4-22(17-24)18-31)26(25)19-34-14-12-21(13-15-34)16-20-8-10-23(30)11-9-20/h2-11,17,21H,12-16,19H2,1H3,(H2,32,33,36). The molecule has 0 saturated carbocycles. The van der Waals surface area contributed by atoms with Gasteiger partial charge in [-0.25, -0.2) is 14.0 Å². The number of urea groups is 1. The SMILES string of the molecule is COC(=O)c1cccc(NC(=O)Nc2cccc(C#N)c2)c1CN1CCC(Cc2ccc(F)cc2)CC1. The van der Waals surface area contributed by atoms with Crippen LogP contribution in [0.25, 0.3) is 0 Å². The summed E-state index contributed by atoms with van der Waals surface area (Å²) in [4.78, 5) is 27.6. The molecule has 1 aliphatic rings. The predicted molar refractivity (Wildman–Crippen MR) is 140 cm³/mol. The topological polar surface area (TPSA) is 94.5 Å². The maximum absolute atomic E-state index is 13.2. The number of rotatable bonds is 7. The van der Waals surface area contributed by atoms with Gasteiger partial charge in [-0.05, 0) is 86.3 Å². The molecule has 8 heteroatoms. The minimum Gasteiger partial charge on any atom is -0.465 e. The molecular formula is C29H29FN4O3. The van der Waals surface area contributed by atoms with E-state index in [-0.39, 0.29) is 5.82 Å². The Labute approximate surface area is 215 Å². The van der Waals surface area contributed by atoms with E-state index in [0.29, 0.717) is 40.5 Å². The smallest absolute Gasteiger partial charge is 0.338 e. The van der Waals surface area contributed by atoms with E-state index in [1.54, 1.807) is 42.5 Å². The zero-order valence-corrected chi connectivity index (χ0v) is 20.7. The van der Waals surface area contributed by atoms with Crippen molar-refractivity contribution in [1.82, 2.24) is 4.90 Å². The number of ether oxygens (including phenoxy) is 1. The lowest BCUT2D eigenvalue weighted by Crippen LogP contribution is -2.34. The first-order valence-corrected chi connectivity index (χ1v) is 12.2. The minimum absolute atomic E-state index is 0.225. The molecule has 1 saturated heterocycles. The molecule has 0 atom stereocenters. The zero-order chi connectivity index (χ0) is 26.2. The molecule has 0 unspecified atom stereocenters. The van der Waals surface area contributed by atoms with Crippen molar-refractivity contribution in [3.63, 3.8) is 0 Å². The normalized spacial score (nSPS) is 14.0. The lowest BCUT2D eigenvalue weighted by Gasteiger charge is -2.33. The number of amides is 2. The summed E-state index contributed by atoms with van der Waals surface area (Å²) in [6.07, 6.45) is 2.87. The molecule has 0 spiro atoms. The van der Waals surface area contributed by atoms with E-state index in [2.05, 4.69) is 15.5 Å². The molecule has 37 heavy (non-hydrogen) atoms. The molecule has 7 nitrogen and oxygen atoms in total. The lowest BCUT2D eigenvalue weighted by atomic mass is 9.90. The Bertz CT molecular complexity index is 1300. The molecular weight excluding hydrogens is 471 g/mol. The fraction of sp³-hybridized carbons (Fsp3) is 0.276. The Morgan fingerprint density at radius 2 is 1.78 bits per heavy atom. The number of hydrogen-bond acceptors (Lipinski definition) is 5. The highest BCUT2D eigenvalue weighted by Crippen LogP contribution is 2.27. The molecule has 4 rings (SSSR count). The van der Waals surface area contributed by atoms with Crippen molar-refractivity contribution >= 4 is 23.4 Å². The number of esters is 1. The Kier molecular flexibility index (Phi) is 8.49. The number of likely N-dealkylation sites (tertiary alicyclic amines) is 1. The van der Waals surface area contributed by atoms with Crippen LogP contribution in [0, 0.1) is 23.1 Å². The van der Waals surface area contributed by atoms with Crippen molar-refractivity contribution in [3.8, 4) is 6.07 Å². The van der Waals surface area contributed by atoms with Crippen LogP contribution in [-0.2, 0) is 17.7 Å². The highest BCUT2D eigenvalue weighted by atomic mass is 19.1. The molecule has 1 aliphatic heterocycles. The number of nitrogens with zero attached hydrogens (tertiary/aromatic N) is 2. The highest BCUT2D eigenvalue weighted by molar-refractivity contribution is 6.02. The maximum atomic E-state index is 13.2. The number of hydrogen-bond donors (Lipinski definition) is 2. The van der Waals surface area contributed by atoms with Gasteiger partial charge in [0.25, 0.3) is 0 Å². The maximum Gasteiger partial charge on any atom is 0.338 e. The first kappa shape index (κ1) is 25.9. The van der Waals surface area contributed by atoms with Crippen LogP contribution in [0.4, 0.5) is 20.6 Å². The van der Waals surface area contributed by atoms with Crippen molar-refractivity contribution < 1.29 is 18.7 Å². The third-order valence-electron chi connectivity index (χ3n) is 6.61. The van der Waals surface area contributed by atoms with Gasteiger partial charge in [0.1, 0.15) is 5.82 Å². The molecule has 1 heterocycles. The third kappa shape index (κ3) is 6.93. The summed E-state index contributed by atoms with van der Waals surface area (Å²) >= 11 is 0. The second-order valence-electron chi connectivity index (χ2n) is 9.15. The summed E-state index contributed by atoms with van der Waals surface area (Å²) in [5.41, 5.74) is 3.67. The number of nitrogens with one attached hydrogen (secondary N) is 2. The van der Waals surface area contributed by atoms with Gasteiger partial charge in [-0.15, -0.1) is 0 Å². The molecule has 2 amide bonds. The molecule has 190 valence electrons. The van der Waals surface area contributed by atoms with Gasteiger partial charge in [0.15, 0.2) is 0 Å². The van der Waals surface area contributed by atoms with Crippen LogP contribution in [0.3, 0.4) is 0 Å². The van der Waals surface area contributed by atoms with Gasteiger partial charge in [-0.3, -0.25) is 4.90 Å². The average Bonchev–Trinajstić information content (AvgIpc) is 2.91. The summed E-state index contributed by atoms with van der Waals surface area (Å²) in [6, 6.07) is 20.0. The number of methoxy groups -OCH3 is 1. The second kappa shape index (κ2) is 12.2. The fourth-order valence-corrected chi connectivity index (χ4v) is 4.65. The van der Waals surface area contributed by atoms with Gasteiger partial charge in [0.05, 0.1) is 24.3 Å². The molecule has 0 bridgehead atoms. The first-order valence-electron chi connectivity index (χ1n) is 12.2. The van der Waals surface area contributed by atoms with Crippen LogP contribution in [-0.4, -0.2) is 37.1 Å². The summed E-state index contributed by atoms with van der Waals surface area (Å²) in [5.74, 6) is -0.186. The van der Waals surface area contributed by atoms with Crippen LogP contribution >= 0.6 is 0 Å². The Balaban J connectivity index is 1.44. The van der Waals surface area contributed by atoms with Gasteiger partial charge in [-0.2, -0.15) is 5.26 Å². The van der Waals surface area contributed by atoms with Crippen LogP contribution in [0.5, 0.6) is 0 Å². The zero-order valence-electron chi connectivity index (χ0n) is 20.7. The second-order valence-corrected chi connectivity index (χ2v) is 9.15. The Hall–Kier alpha value is -4.22. The molecule has 1 fully saturated rings. The number of halogens is 1. The molecule has 2 N–H and O–H groups in total. The van der Waals surface area contributed by atoms with Crippen LogP contribution < -0.4 is 10.6 Å². The van der Waals surface area contributed by atoms with Gasteiger partial charge in [0, 0.05) is 23.5 Å². The number of carbonyl (C=O) groups excluding carboxylic acids is 2. The van der Waals surface area contributed by atoms with E-state index in [0.717, 1.165) is 37.9 Å². The molecule has 0 aromatic heterocycles. The molecule has 3 aromatic carbocycles. The van der Waals surface area contributed by atoms with E-state index in [9.17, 15) is 14.0 Å². The fourth-order valence-electron chi connectivity index (χ4n) is 4.65. The molecule has 3 aromatic rings. The number of benzene rings is 3. The average molecular weight is 501 g/mol. The summed E-state index contributed by atoms with van der Waals surface area (Å²) in [6.45, 7) is 2.16.